The Balaban J connectivity index is 1.04. The fourth-order valence-corrected chi connectivity index (χ4v) is 9.01. The Morgan fingerprint density at radius 1 is 0.400 bits per heavy atom. The van der Waals surface area contributed by atoms with Crippen LogP contribution in [0.5, 0.6) is 0 Å². The molecule has 0 radical (unpaired) electrons. The number of allylic oxidation sites excluding steroid dienone is 2. The molecule has 5 nitrogen and oxygen atoms in total. The standard InChI is InChI=1S/C55H33N3O2/c1-3-32(2)53-56-54(58-55(57-53)45-23-12-22-43-41-19-10-11-24-48(41)60-52(43)45)44-20-9-8-18-39(44)42-21-13-25-50-51(42)47-31-34(27-29-49(47)59-50)33-26-28-40-37-16-5-4-14-35(37)36-15-6-7-17-38(36)46(40)30-33/h3-31H,1-2H2. The van der Waals surface area contributed by atoms with Gasteiger partial charge in [0, 0.05) is 32.7 Å². The summed E-state index contributed by atoms with van der Waals surface area (Å²) in [6.45, 7) is 8.21. The van der Waals surface area contributed by atoms with Crippen LogP contribution in [0.25, 0.3) is 127 Å². The van der Waals surface area contributed by atoms with Crippen LogP contribution in [0.4, 0.5) is 0 Å². The Morgan fingerprint density at radius 2 is 0.917 bits per heavy atom. The van der Waals surface area contributed by atoms with Gasteiger partial charge in [0.2, 0.25) is 0 Å². The summed E-state index contributed by atoms with van der Waals surface area (Å²) >= 11 is 0. The summed E-state index contributed by atoms with van der Waals surface area (Å²) in [5.41, 5.74) is 9.61. The van der Waals surface area contributed by atoms with E-state index in [1.165, 1.54) is 32.3 Å². The number of fused-ring (bicyclic) bond motifs is 12. The second-order valence-corrected chi connectivity index (χ2v) is 15.2. The highest BCUT2D eigenvalue weighted by molar-refractivity contribution is 6.26. The SMILES string of the molecule is C=CC(=C)c1nc(-c2ccccc2-c2cccc3oc4ccc(-c5ccc6c7ccccc7c7ccccc7c6c5)cc4c23)nc(-c2cccc3c2oc2ccccc23)n1. The van der Waals surface area contributed by atoms with E-state index in [2.05, 4.69) is 134 Å². The van der Waals surface area contributed by atoms with E-state index in [9.17, 15) is 0 Å². The average molecular weight is 768 g/mol. The Kier molecular flexibility index (Phi) is 7.47. The lowest BCUT2D eigenvalue weighted by atomic mass is 9.91. The molecular formula is C55H33N3O2. The normalized spacial score (nSPS) is 11.8. The van der Waals surface area contributed by atoms with Crippen molar-refractivity contribution in [3.8, 4) is 45.0 Å². The van der Waals surface area contributed by atoms with E-state index in [-0.39, 0.29) is 0 Å². The Bertz CT molecular complexity index is 3740. The van der Waals surface area contributed by atoms with E-state index in [1.807, 2.05) is 48.5 Å². The summed E-state index contributed by atoms with van der Waals surface area (Å²) in [4.78, 5) is 15.1. The second-order valence-electron chi connectivity index (χ2n) is 15.2. The fourth-order valence-electron chi connectivity index (χ4n) is 9.01. The smallest absolute Gasteiger partial charge is 0.167 e. The minimum atomic E-state index is 0.445. The fraction of sp³-hybridized carbons (Fsp3) is 0. The average Bonchev–Trinajstić information content (AvgIpc) is 3.89. The largest absolute Gasteiger partial charge is 0.456 e. The van der Waals surface area contributed by atoms with Crippen molar-refractivity contribution in [3.63, 3.8) is 0 Å². The van der Waals surface area contributed by atoms with Gasteiger partial charge in [0.1, 0.15) is 22.3 Å². The molecule has 3 heterocycles. The van der Waals surface area contributed by atoms with Gasteiger partial charge in [-0.15, -0.1) is 0 Å². The molecule has 0 saturated carbocycles. The lowest BCUT2D eigenvalue weighted by molar-refractivity contribution is 0.669. The molecule has 0 bridgehead atoms. The highest BCUT2D eigenvalue weighted by Gasteiger charge is 2.21. The molecule has 0 aliphatic rings. The molecule has 0 atom stereocenters. The van der Waals surface area contributed by atoms with Gasteiger partial charge in [0.05, 0.1) is 5.56 Å². The van der Waals surface area contributed by atoms with Crippen LogP contribution in [0, 0.1) is 0 Å². The number of benzene rings is 9. The van der Waals surface area contributed by atoms with Crippen molar-refractivity contribution < 1.29 is 8.83 Å². The van der Waals surface area contributed by atoms with Crippen molar-refractivity contribution in [2.75, 3.05) is 0 Å². The number of rotatable bonds is 6. The first kappa shape index (κ1) is 33.9. The maximum absolute atomic E-state index is 6.56. The maximum Gasteiger partial charge on any atom is 0.167 e. The topological polar surface area (TPSA) is 65.0 Å². The molecule has 280 valence electrons. The first-order valence-electron chi connectivity index (χ1n) is 20.0. The summed E-state index contributed by atoms with van der Waals surface area (Å²) in [5.74, 6) is 1.45. The number of hydrogen-bond acceptors (Lipinski definition) is 5. The molecule has 60 heavy (non-hydrogen) atoms. The lowest BCUT2D eigenvalue weighted by Gasteiger charge is -2.13. The Hall–Kier alpha value is -8.15. The number of para-hydroxylation sites is 2. The molecule has 0 spiro atoms. The van der Waals surface area contributed by atoms with Crippen LogP contribution in [-0.4, -0.2) is 15.0 Å². The summed E-state index contributed by atoms with van der Waals surface area (Å²) in [6, 6.07) is 59.3. The van der Waals surface area contributed by atoms with Crippen molar-refractivity contribution >= 4 is 81.8 Å². The predicted molar refractivity (Wildman–Crippen MR) is 248 cm³/mol. The van der Waals surface area contributed by atoms with Gasteiger partial charge in [-0.25, -0.2) is 15.0 Å². The second kappa shape index (κ2) is 13.2. The zero-order chi connectivity index (χ0) is 39.9. The lowest BCUT2D eigenvalue weighted by Crippen LogP contribution is -2.02. The van der Waals surface area contributed by atoms with E-state index < -0.39 is 0 Å². The molecule has 0 saturated heterocycles. The van der Waals surface area contributed by atoms with Crippen LogP contribution in [-0.2, 0) is 0 Å². The highest BCUT2D eigenvalue weighted by Crippen LogP contribution is 2.43. The van der Waals surface area contributed by atoms with Crippen LogP contribution < -0.4 is 0 Å². The number of aromatic nitrogens is 3. The number of hydrogen-bond donors (Lipinski definition) is 0. The van der Waals surface area contributed by atoms with Crippen LogP contribution >= 0.6 is 0 Å². The third-order valence-electron chi connectivity index (χ3n) is 11.8. The van der Waals surface area contributed by atoms with Gasteiger partial charge in [0.25, 0.3) is 0 Å². The highest BCUT2D eigenvalue weighted by atomic mass is 16.3. The van der Waals surface area contributed by atoms with Crippen molar-refractivity contribution in [3.05, 3.63) is 195 Å². The van der Waals surface area contributed by atoms with Gasteiger partial charge < -0.3 is 8.83 Å². The molecule has 3 aromatic heterocycles. The van der Waals surface area contributed by atoms with Crippen LogP contribution in [0.1, 0.15) is 5.82 Å². The first-order chi connectivity index (χ1) is 29.6. The van der Waals surface area contributed by atoms with E-state index >= 15 is 0 Å². The minimum Gasteiger partial charge on any atom is -0.456 e. The molecule has 5 heteroatoms. The Morgan fingerprint density at radius 3 is 1.67 bits per heavy atom. The molecule has 0 aliphatic heterocycles. The third kappa shape index (κ3) is 5.16. The molecule has 0 N–H and O–H groups in total. The Labute approximate surface area is 344 Å². The van der Waals surface area contributed by atoms with E-state index in [0.29, 0.717) is 23.0 Å². The van der Waals surface area contributed by atoms with E-state index in [4.69, 9.17) is 23.8 Å². The van der Waals surface area contributed by atoms with Gasteiger partial charge >= 0.3 is 0 Å². The van der Waals surface area contributed by atoms with Crippen LogP contribution in [0.15, 0.2) is 198 Å². The van der Waals surface area contributed by atoms with Gasteiger partial charge in [0.15, 0.2) is 17.5 Å². The maximum atomic E-state index is 6.56. The van der Waals surface area contributed by atoms with E-state index in [1.54, 1.807) is 6.08 Å². The zero-order valence-corrected chi connectivity index (χ0v) is 32.3. The first-order valence-corrected chi connectivity index (χ1v) is 20.0. The number of furan rings is 2. The summed E-state index contributed by atoms with van der Waals surface area (Å²) in [5, 5.41) is 11.6. The molecule has 9 aromatic carbocycles. The molecule has 12 rings (SSSR count). The summed E-state index contributed by atoms with van der Waals surface area (Å²) in [6.07, 6.45) is 1.67. The summed E-state index contributed by atoms with van der Waals surface area (Å²) in [7, 11) is 0. The third-order valence-corrected chi connectivity index (χ3v) is 11.8. The quantitative estimate of drug-likeness (QED) is 0.125. The zero-order valence-electron chi connectivity index (χ0n) is 32.3. The van der Waals surface area contributed by atoms with Crippen molar-refractivity contribution in [2.24, 2.45) is 0 Å². The van der Waals surface area contributed by atoms with Gasteiger partial charge in [-0.05, 0) is 91.0 Å². The minimum absolute atomic E-state index is 0.445. The summed E-state index contributed by atoms with van der Waals surface area (Å²) < 4.78 is 13.0. The number of nitrogens with zero attached hydrogens (tertiary/aromatic N) is 3. The van der Waals surface area contributed by atoms with Gasteiger partial charge in [-0.2, -0.15) is 0 Å². The molecule has 12 aromatic rings. The van der Waals surface area contributed by atoms with E-state index in [0.717, 1.165) is 77.3 Å². The monoisotopic (exact) mass is 767 g/mol. The van der Waals surface area contributed by atoms with Gasteiger partial charge in [-0.1, -0.05) is 153 Å². The van der Waals surface area contributed by atoms with Crippen LogP contribution in [0.3, 0.4) is 0 Å². The van der Waals surface area contributed by atoms with Crippen molar-refractivity contribution in [1.82, 2.24) is 15.0 Å². The molecular weight excluding hydrogens is 735 g/mol. The molecule has 0 aliphatic carbocycles. The molecule has 0 unspecified atom stereocenters. The van der Waals surface area contributed by atoms with Crippen molar-refractivity contribution in [1.29, 1.82) is 0 Å². The predicted octanol–water partition coefficient (Wildman–Crippen LogP) is 15.0. The van der Waals surface area contributed by atoms with Crippen molar-refractivity contribution in [2.45, 2.75) is 0 Å². The molecule has 0 fully saturated rings. The molecule has 0 amide bonds. The van der Waals surface area contributed by atoms with Gasteiger partial charge in [-0.3, -0.25) is 0 Å². The van der Waals surface area contributed by atoms with Crippen LogP contribution in [0.2, 0.25) is 0 Å².